The SMILES string of the molecule is CNC(=O)c1cc(F)c(F)c(C2CCNCC2)c1.Cl. The summed E-state index contributed by atoms with van der Waals surface area (Å²) in [5, 5.41) is 5.59. The van der Waals surface area contributed by atoms with E-state index in [9.17, 15) is 13.6 Å². The molecule has 1 heterocycles. The van der Waals surface area contributed by atoms with Crippen molar-refractivity contribution in [3.63, 3.8) is 0 Å². The molecule has 19 heavy (non-hydrogen) atoms. The number of nitrogens with one attached hydrogen (secondary N) is 2. The highest BCUT2D eigenvalue weighted by Gasteiger charge is 2.22. The van der Waals surface area contributed by atoms with Gasteiger partial charge in [0.05, 0.1) is 0 Å². The summed E-state index contributed by atoms with van der Waals surface area (Å²) >= 11 is 0. The number of rotatable bonds is 2. The van der Waals surface area contributed by atoms with Gasteiger partial charge >= 0.3 is 0 Å². The number of hydrogen-bond donors (Lipinski definition) is 2. The molecule has 1 amide bonds. The fraction of sp³-hybridized carbons (Fsp3) is 0.462. The molecule has 106 valence electrons. The van der Waals surface area contributed by atoms with Crippen LogP contribution in [0.1, 0.15) is 34.7 Å². The summed E-state index contributed by atoms with van der Waals surface area (Å²) in [4.78, 5) is 11.5. The summed E-state index contributed by atoms with van der Waals surface area (Å²) in [5.41, 5.74) is 0.486. The molecule has 0 bridgehead atoms. The predicted octanol–water partition coefficient (Wildman–Crippen LogP) is 2.21. The maximum absolute atomic E-state index is 13.8. The van der Waals surface area contributed by atoms with E-state index in [0.29, 0.717) is 5.56 Å². The molecule has 1 aromatic carbocycles. The topological polar surface area (TPSA) is 41.1 Å². The second kappa shape index (κ2) is 6.82. The van der Waals surface area contributed by atoms with Crippen LogP contribution < -0.4 is 10.6 Å². The fourth-order valence-electron chi connectivity index (χ4n) is 2.32. The number of amides is 1. The molecule has 0 saturated carbocycles. The van der Waals surface area contributed by atoms with E-state index < -0.39 is 17.5 Å². The first-order chi connectivity index (χ1) is 8.63. The van der Waals surface area contributed by atoms with E-state index in [-0.39, 0.29) is 23.9 Å². The maximum atomic E-state index is 13.8. The molecule has 0 unspecified atom stereocenters. The minimum absolute atomic E-state index is 0. The Morgan fingerprint density at radius 1 is 1.32 bits per heavy atom. The Morgan fingerprint density at radius 3 is 2.53 bits per heavy atom. The zero-order valence-corrected chi connectivity index (χ0v) is 11.4. The van der Waals surface area contributed by atoms with Crippen molar-refractivity contribution >= 4 is 18.3 Å². The van der Waals surface area contributed by atoms with Crippen molar-refractivity contribution in [3.05, 3.63) is 34.9 Å². The van der Waals surface area contributed by atoms with Gasteiger partial charge in [0.15, 0.2) is 11.6 Å². The quantitative estimate of drug-likeness (QED) is 0.877. The van der Waals surface area contributed by atoms with E-state index >= 15 is 0 Å². The fourth-order valence-corrected chi connectivity index (χ4v) is 2.32. The minimum atomic E-state index is -0.954. The molecule has 1 aromatic rings. The van der Waals surface area contributed by atoms with E-state index in [0.717, 1.165) is 32.0 Å². The first kappa shape index (κ1) is 15.9. The van der Waals surface area contributed by atoms with Gasteiger partial charge in [0, 0.05) is 12.6 Å². The molecule has 0 aliphatic carbocycles. The average molecular weight is 291 g/mol. The first-order valence-electron chi connectivity index (χ1n) is 6.05. The van der Waals surface area contributed by atoms with Gasteiger partial charge in [-0.1, -0.05) is 0 Å². The zero-order valence-electron chi connectivity index (χ0n) is 10.6. The van der Waals surface area contributed by atoms with Gasteiger partial charge < -0.3 is 10.6 Å². The predicted molar refractivity (Wildman–Crippen MR) is 71.8 cm³/mol. The monoisotopic (exact) mass is 290 g/mol. The Hall–Kier alpha value is -1.20. The summed E-state index contributed by atoms with van der Waals surface area (Å²) < 4.78 is 27.3. The highest BCUT2D eigenvalue weighted by molar-refractivity contribution is 5.94. The lowest BCUT2D eigenvalue weighted by Gasteiger charge is -2.23. The number of piperidine rings is 1. The van der Waals surface area contributed by atoms with Crippen molar-refractivity contribution < 1.29 is 13.6 Å². The molecule has 2 rings (SSSR count). The van der Waals surface area contributed by atoms with Gasteiger partial charge in [-0.15, -0.1) is 12.4 Å². The third-order valence-electron chi connectivity index (χ3n) is 3.32. The van der Waals surface area contributed by atoms with E-state index in [1.165, 1.54) is 13.1 Å². The summed E-state index contributed by atoms with van der Waals surface area (Å²) in [6, 6.07) is 2.41. The average Bonchev–Trinajstić information content (AvgIpc) is 2.41. The van der Waals surface area contributed by atoms with Crippen LogP contribution in [0.4, 0.5) is 8.78 Å². The van der Waals surface area contributed by atoms with Crippen molar-refractivity contribution in [2.75, 3.05) is 20.1 Å². The molecular weight excluding hydrogens is 274 g/mol. The van der Waals surface area contributed by atoms with Gasteiger partial charge in [0.25, 0.3) is 5.91 Å². The van der Waals surface area contributed by atoms with Crippen LogP contribution in [0.2, 0.25) is 0 Å². The van der Waals surface area contributed by atoms with Gasteiger partial charge in [-0.3, -0.25) is 4.79 Å². The van der Waals surface area contributed by atoms with E-state index in [1.54, 1.807) is 0 Å². The number of carbonyl (C=O) groups is 1. The number of hydrogen-bond acceptors (Lipinski definition) is 2. The molecule has 0 radical (unpaired) electrons. The van der Waals surface area contributed by atoms with Crippen LogP contribution in [0.3, 0.4) is 0 Å². The second-order valence-electron chi connectivity index (χ2n) is 4.46. The molecule has 0 aromatic heterocycles. The second-order valence-corrected chi connectivity index (χ2v) is 4.46. The summed E-state index contributed by atoms with van der Waals surface area (Å²) in [7, 11) is 1.47. The van der Waals surface area contributed by atoms with E-state index in [2.05, 4.69) is 10.6 Å². The first-order valence-corrected chi connectivity index (χ1v) is 6.05. The largest absolute Gasteiger partial charge is 0.355 e. The molecule has 2 N–H and O–H groups in total. The van der Waals surface area contributed by atoms with Crippen LogP contribution in [0.25, 0.3) is 0 Å². The standard InChI is InChI=1S/C13H16F2N2O.ClH/c1-16-13(18)9-6-10(12(15)11(14)7-9)8-2-4-17-5-3-8;/h6-8,17H,2-5H2,1H3,(H,16,18);1H. The molecule has 0 spiro atoms. The van der Waals surface area contributed by atoms with Gasteiger partial charge in [0.1, 0.15) is 0 Å². The Balaban J connectivity index is 0.00000180. The number of benzene rings is 1. The Kier molecular flexibility index (Phi) is 5.69. The van der Waals surface area contributed by atoms with Gasteiger partial charge in [0.2, 0.25) is 0 Å². The third-order valence-corrected chi connectivity index (χ3v) is 3.32. The van der Waals surface area contributed by atoms with Crippen molar-refractivity contribution in [3.8, 4) is 0 Å². The maximum Gasteiger partial charge on any atom is 0.251 e. The van der Waals surface area contributed by atoms with Crippen LogP contribution in [-0.2, 0) is 0 Å². The normalized spacial score (nSPS) is 15.7. The minimum Gasteiger partial charge on any atom is -0.355 e. The highest BCUT2D eigenvalue weighted by atomic mass is 35.5. The molecule has 1 aliphatic rings. The van der Waals surface area contributed by atoms with Crippen LogP contribution >= 0.6 is 12.4 Å². The van der Waals surface area contributed by atoms with Gasteiger partial charge in [-0.2, -0.15) is 0 Å². The number of halogens is 3. The van der Waals surface area contributed by atoms with Crippen molar-refractivity contribution in [2.45, 2.75) is 18.8 Å². The molecule has 1 fully saturated rings. The molecule has 3 nitrogen and oxygen atoms in total. The van der Waals surface area contributed by atoms with Crippen molar-refractivity contribution in [1.82, 2.24) is 10.6 Å². The van der Waals surface area contributed by atoms with Crippen molar-refractivity contribution in [1.29, 1.82) is 0 Å². The molecule has 1 aliphatic heterocycles. The third kappa shape index (κ3) is 3.42. The smallest absolute Gasteiger partial charge is 0.251 e. The van der Waals surface area contributed by atoms with Crippen LogP contribution in [0.5, 0.6) is 0 Å². The van der Waals surface area contributed by atoms with Crippen LogP contribution in [0, 0.1) is 11.6 Å². The molecule has 6 heteroatoms. The Bertz CT molecular complexity index is 462. The number of carbonyl (C=O) groups excluding carboxylic acids is 1. The van der Waals surface area contributed by atoms with E-state index in [1.807, 2.05) is 0 Å². The highest BCUT2D eigenvalue weighted by Crippen LogP contribution is 2.29. The lowest BCUT2D eigenvalue weighted by atomic mass is 9.88. The molecule has 0 atom stereocenters. The summed E-state index contributed by atoms with van der Waals surface area (Å²) in [5.74, 6) is -2.20. The van der Waals surface area contributed by atoms with Gasteiger partial charge in [-0.25, -0.2) is 8.78 Å². The lowest BCUT2D eigenvalue weighted by Crippen LogP contribution is -2.27. The van der Waals surface area contributed by atoms with Gasteiger partial charge in [-0.05, 0) is 49.5 Å². The lowest BCUT2D eigenvalue weighted by molar-refractivity contribution is 0.0962. The van der Waals surface area contributed by atoms with Crippen molar-refractivity contribution in [2.24, 2.45) is 0 Å². The summed E-state index contributed by atoms with van der Waals surface area (Å²) in [6.07, 6.45) is 1.51. The zero-order chi connectivity index (χ0) is 13.1. The molecular formula is C13H17ClF2N2O. The van der Waals surface area contributed by atoms with Crippen LogP contribution in [0.15, 0.2) is 12.1 Å². The Labute approximate surface area is 117 Å². The summed E-state index contributed by atoms with van der Waals surface area (Å²) in [6.45, 7) is 1.58. The molecule has 1 saturated heterocycles. The Morgan fingerprint density at radius 2 is 1.95 bits per heavy atom. The van der Waals surface area contributed by atoms with E-state index in [4.69, 9.17) is 0 Å². The van der Waals surface area contributed by atoms with Crippen LogP contribution in [-0.4, -0.2) is 26.0 Å².